The largest absolute Gasteiger partial charge is 0.257 e. The van der Waals surface area contributed by atoms with E-state index in [0.29, 0.717) is 0 Å². The molecule has 0 atom stereocenters. The van der Waals surface area contributed by atoms with Crippen LogP contribution in [0.4, 0.5) is 5.69 Å². The van der Waals surface area contributed by atoms with E-state index >= 15 is 0 Å². The monoisotopic (exact) mass is 211 g/mol. The fourth-order valence-corrected chi connectivity index (χ4v) is 2.08. The smallest absolute Gasteiger partial charge is 0.0743 e. The van der Waals surface area contributed by atoms with E-state index in [9.17, 15) is 0 Å². The summed E-state index contributed by atoms with van der Waals surface area (Å²) in [5, 5.41) is 2.56. The van der Waals surface area contributed by atoms with Gasteiger partial charge in [-0.3, -0.25) is 4.99 Å². The van der Waals surface area contributed by atoms with Crippen LogP contribution in [-0.2, 0) is 6.42 Å². The first-order chi connectivity index (χ1) is 7.84. The average molecular weight is 211 g/mol. The van der Waals surface area contributed by atoms with Crippen LogP contribution in [0.3, 0.4) is 0 Å². The molecule has 16 heavy (non-hydrogen) atoms. The summed E-state index contributed by atoms with van der Waals surface area (Å²) >= 11 is 0. The van der Waals surface area contributed by atoms with Gasteiger partial charge in [-0.2, -0.15) is 0 Å². The zero-order chi connectivity index (χ0) is 11.5. The van der Waals surface area contributed by atoms with Gasteiger partial charge >= 0.3 is 0 Å². The SMILES string of the molecule is CC.CC1=Nc2c(ccc3ccccc23)C1. The maximum atomic E-state index is 4.60. The van der Waals surface area contributed by atoms with Gasteiger partial charge in [0.1, 0.15) is 0 Å². The van der Waals surface area contributed by atoms with Crippen LogP contribution in [0.1, 0.15) is 26.3 Å². The molecule has 1 heterocycles. The summed E-state index contributed by atoms with van der Waals surface area (Å²) in [6.07, 6.45) is 1.01. The summed E-state index contributed by atoms with van der Waals surface area (Å²) in [6.45, 7) is 6.09. The standard InChI is InChI=1S/C13H11N.C2H6/c1-9-8-11-7-6-10-4-2-3-5-12(10)13(11)14-9;1-2/h2-7H,8H2,1H3;1-2H3. The molecule has 3 rings (SSSR count). The van der Waals surface area contributed by atoms with Crippen LogP contribution in [0.25, 0.3) is 10.8 Å². The Morgan fingerprint density at radius 3 is 2.56 bits per heavy atom. The number of hydrogen-bond donors (Lipinski definition) is 0. The predicted molar refractivity (Wildman–Crippen MR) is 71.8 cm³/mol. The van der Waals surface area contributed by atoms with Crippen LogP contribution in [-0.4, -0.2) is 5.71 Å². The number of hydrogen-bond acceptors (Lipinski definition) is 1. The van der Waals surface area contributed by atoms with Gasteiger partial charge in [0.2, 0.25) is 0 Å². The second kappa shape index (κ2) is 4.48. The van der Waals surface area contributed by atoms with Crippen LogP contribution in [0.5, 0.6) is 0 Å². The predicted octanol–water partition coefficient (Wildman–Crippen LogP) is 4.51. The fourth-order valence-electron chi connectivity index (χ4n) is 2.08. The Hall–Kier alpha value is -1.63. The highest BCUT2D eigenvalue weighted by Gasteiger charge is 2.13. The number of aliphatic imine (C=N–C) groups is 1. The molecule has 0 amide bonds. The molecule has 2 aromatic carbocycles. The highest BCUT2D eigenvalue weighted by molar-refractivity contribution is 6.02. The Morgan fingerprint density at radius 2 is 1.75 bits per heavy atom. The van der Waals surface area contributed by atoms with E-state index in [-0.39, 0.29) is 0 Å². The second-order valence-corrected chi connectivity index (χ2v) is 3.82. The Morgan fingerprint density at radius 1 is 1.00 bits per heavy atom. The molecule has 82 valence electrons. The minimum absolute atomic E-state index is 1.01. The molecule has 0 bridgehead atoms. The van der Waals surface area contributed by atoms with E-state index < -0.39 is 0 Å². The van der Waals surface area contributed by atoms with Crippen molar-refractivity contribution in [1.82, 2.24) is 0 Å². The summed E-state index contributed by atoms with van der Waals surface area (Å²) in [5.41, 5.74) is 3.76. The van der Waals surface area contributed by atoms with E-state index in [1.54, 1.807) is 0 Å². The minimum Gasteiger partial charge on any atom is -0.257 e. The lowest BCUT2D eigenvalue weighted by molar-refractivity contribution is 1.40. The van der Waals surface area contributed by atoms with Crippen molar-refractivity contribution in [2.24, 2.45) is 4.99 Å². The number of rotatable bonds is 0. The molecule has 0 fully saturated rings. The average Bonchev–Trinajstić information content (AvgIpc) is 2.72. The molecule has 0 spiro atoms. The van der Waals surface area contributed by atoms with Crippen molar-refractivity contribution < 1.29 is 0 Å². The van der Waals surface area contributed by atoms with Crippen molar-refractivity contribution in [3.05, 3.63) is 42.0 Å². The molecule has 1 aliphatic rings. The van der Waals surface area contributed by atoms with E-state index in [1.807, 2.05) is 13.8 Å². The van der Waals surface area contributed by atoms with Crippen LogP contribution in [0, 0.1) is 0 Å². The molecule has 1 heteroatoms. The third kappa shape index (κ3) is 1.73. The van der Waals surface area contributed by atoms with Gasteiger partial charge in [-0.1, -0.05) is 50.2 Å². The molecule has 0 saturated heterocycles. The van der Waals surface area contributed by atoms with E-state index in [4.69, 9.17) is 0 Å². The fraction of sp³-hybridized carbons (Fsp3) is 0.267. The van der Waals surface area contributed by atoms with Gasteiger partial charge in [0.25, 0.3) is 0 Å². The Balaban J connectivity index is 0.000000457. The normalized spacial score (nSPS) is 12.8. The van der Waals surface area contributed by atoms with Crippen molar-refractivity contribution in [2.45, 2.75) is 27.2 Å². The zero-order valence-electron chi connectivity index (χ0n) is 10.1. The summed E-state index contributed by atoms with van der Waals surface area (Å²) in [4.78, 5) is 4.60. The topological polar surface area (TPSA) is 12.4 Å². The molecule has 0 radical (unpaired) electrons. The molecule has 0 saturated carbocycles. The highest BCUT2D eigenvalue weighted by Crippen LogP contribution is 2.34. The van der Waals surface area contributed by atoms with Crippen molar-refractivity contribution in [3.8, 4) is 0 Å². The molecule has 1 aliphatic heterocycles. The van der Waals surface area contributed by atoms with Crippen molar-refractivity contribution >= 4 is 22.2 Å². The summed E-state index contributed by atoms with van der Waals surface area (Å²) in [5.74, 6) is 0. The van der Waals surface area contributed by atoms with E-state index in [2.05, 4.69) is 48.3 Å². The Labute approximate surface area is 96.8 Å². The van der Waals surface area contributed by atoms with Crippen molar-refractivity contribution in [1.29, 1.82) is 0 Å². The third-order valence-corrected chi connectivity index (χ3v) is 2.73. The first-order valence-corrected chi connectivity index (χ1v) is 5.89. The quantitative estimate of drug-likeness (QED) is 0.607. The second-order valence-electron chi connectivity index (χ2n) is 3.82. The summed E-state index contributed by atoms with van der Waals surface area (Å²) in [6, 6.07) is 12.8. The maximum Gasteiger partial charge on any atom is 0.0743 e. The molecule has 0 unspecified atom stereocenters. The number of nitrogens with zero attached hydrogens (tertiary/aromatic N) is 1. The van der Waals surface area contributed by atoms with Crippen molar-refractivity contribution in [3.63, 3.8) is 0 Å². The van der Waals surface area contributed by atoms with Crippen molar-refractivity contribution in [2.75, 3.05) is 0 Å². The summed E-state index contributed by atoms with van der Waals surface area (Å²) in [7, 11) is 0. The van der Waals surface area contributed by atoms with Crippen LogP contribution >= 0.6 is 0 Å². The highest BCUT2D eigenvalue weighted by atomic mass is 14.8. The van der Waals surface area contributed by atoms with Crippen LogP contribution in [0.2, 0.25) is 0 Å². The molecular formula is C15H17N. The number of benzene rings is 2. The molecule has 1 nitrogen and oxygen atoms in total. The van der Waals surface area contributed by atoms with Gasteiger partial charge in [-0.25, -0.2) is 0 Å². The zero-order valence-corrected chi connectivity index (χ0v) is 10.1. The molecule has 0 N–H and O–H groups in total. The first kappa shape index (κ1) is 10.9. The van der Waals surface area contributed by atoms with Gasteiger partial charge in [-0.15, -0.1) is 0 Å². The van der Waals surface area contributed by atoms with Gasteiger partial charge in [0.15, 0.2) is 0 Å². The lowest BCUT2D eigenvalue weighted by Gasteiger charge is -2.02. The van der Waals surface area contributed by atoms with E-state index in [0.717, 1.165) is 6.42 Å². The van der Waals surface area contributed by atoms with E-state index in [1.165, 1.54) is 27.7 Å². The lowest BCUT2D eigenvalue weighted by Crippen LogP contribution is -1.87. The Kier molecular flexibility index (Phi) is 3.04. The molecule has 0 aromatic heterocycles. The van der Waals surface area contributed by atoms with Gasteiger partial charge in [0, 0.05) is 17.5 Å². The van der Waals surface area contributed by atoms with Gasteiger partial charge in [-0.05, 0) is 17.9 Å². The van der Waals surface area contributed by atoms with Crippen LogP contribution < -0.4 is 0 Å². The molecule has 2 aromatic rings. The lowest BCUT2D eigenvalue weighted by atomic mass is 10.0. The number of fused-ring (bicyclic) bond motifs is 3. The van der Waals surface area contributed by atoms with Gasteiger partial charge in [0.05, 0.1) is 5.69 Å². The van der Waals surface area contributed by atoms with Gasteiger partial charge < -0.3 is 0 Å². The third-order valence-electron chi connectivity index (χ3n) is 2.73. The summed E-state index contributed by atoms with van der Waals surface area (Å²) < 4.78 is 0. The Bertz CT molecular complexity index is 538. The molecular weight excluding hydrogens is 194 g/mol. The minimum atomic E-state index is 1.01. The molecule has 0 aliphatic carbocycles. The first-order valence-electron chi connectivity index (χ1n) is 5.89. The maximum absolute atomic E-state index is 4.60. The van der Waals surface area contributed by atoms with Crippen LogP contribution in [0.15, 0.2) is 41.4 Å².